The second kappa shape index (κ2) is 18.8. The van der Waals surface area contributed by atoms with Gasteiger partial charge in [-0.15, -0.1) is 0 Å². The van der Waals surface area contributed by atoms with Gasteiger partial charge in [-0.1, -0.05) is 98.8 Å². The van der Waals surface area contributed by atoms with E-state index in [1.165, 1.54) is 12.7 Å². The fourth-order valence-corrected chi connectivity index (χ4v) is 7.93. The maximum absolute atomic E-state index is 14.6. The number of imidazole rings is 1. The van der Waals surface area contributed by atoms with Gasteiger partial charge < -0.3 is 35.5 Å². The highest BCUT2D eigenvalue weighted by molar-refractivity contribution is 5.93. The predicted octanol–water partition coefficient (Wildman–Crippen LogP) is 5.19. The summed E-state index contributed by atoms with van der Waals surface area (Å²) in [6, 6.07) is 23.0. The van der Waals surface area contributed by atoms with Crippen molar-refractivity contribution >= 4 is 17.9 Å². The molecule has 54 heavy (non-hydrogen) atoms. The van der Waals surface area contributed by atoms with Crippen LogP contribution >= 0.6 is 0 Å². The number of aliphatic hydroxyl groups is 2. The third-order valence-corrected chi connectivity index (χ3v) is 10.9. The normalized spacial score (nSPS) is 19.8. The van der Waals surface area contributed by atoms with Gasteiger partial charge >= 0.3 is 6.09 Å². The maximum Gasteiger partial charge on any atom is 0.408 e. The zero-order valence-electron chi connectivity index (χ0n) is 30.7. The molecule has 2 fully saturated rings. The minimum absolute atomic E-state index is 0.0494. The molecule has 3 heterocycles. The average Bonchev–Trinajstić information content (AvgIpc) is 3.85. The quantitative estimate of drug-likeness (QED) is 0.0988. The molecule has 1 saturated heterocycles. The highest BCUT2D eigenvalue weighted by Crippen LogP contribution is 2.35. The molecule has 2 aromatic carbocycles. The van der Waals surface area contributed by atoms with Gasteiger partial charge in [-0.2, -0.15) is 0 Å². The predicted molar refractivity (Wildman–Crippen MR) is 203 cm³/mol. The summed E-state index contributed by atoms with van der Waals surface area (Å²) in [5.74, 6) is -0.397. The summed E-state index contributed by atoms with van der Waals surface area (Å²) in [7, 11) is 0. The Hall–Kier alpha value is -5.07. The number of aromatic amines is 1. The van der Waals surface area contributed by atoms with E-state index in [0.717, 1.165) is 42.5 Å². The number of nitrogens with one attached hydrogen (secondary N) is 3. The third kappa shape index (κ3) is 10.3. The van der Waals surface area contributed by atoms with E-state index in [-0.39, 0.29) is 50.6 Å². The molecule has 0 spiro atoms. The van der Waals surface area contributed by atoms with Crippen LogP contribution in [0, 0.1) is 5.92 Å². The van der Waals surface area contributed by atoms with E-state index in [1.807, 2.05) is 78.9 Å². The van der Waals surface area contributed by atoms with E-state index in [4.69, 9.17) is 4.74 Å². The summed E-state index contributed by atoms with van der Waals surface area (Å²) in [6.07, 6.45) is 8.97. The van der Waals surface area contributed by atoms with Crippen LogP contribution in [0.5, 0.6) is 0 Å². The highest BCUT2D eigenvalue weighted by atomic mass is 16.5. The van der Waals surface area contributed by atoms with E-state index in [1.54, 1.807) is 17.3 Å². The van der Waals surface area contributed by atoms with E-state index in [0.29, 0.717) is 24.5 Å². The number of aryl methyl sites for hydroxylation is 1. The van der Waals surface area contributed by atoms with E-state index in [9.17, 15) is 24.6 Å². The molecular weight excluding hydrogens is 684 g/mol. The summed E-state index contributed by atoms with van der Waals surface area (Å²) in [4.78, 5) is 55.3. The van der Waals surface area contributed by atoms with Crippen LogP contribution in [0.25, 0.3) is 0 Å². The molecule has 5 N–H and O–H groups in total. The van der Waals surface area contributed by atoms with Crippen LogP contribution in [0.2, 0.25) is 0 Å². The second-order valence-corrected chi connectivity index (χ2v) is 14.7. The number of hydrogen-bond acceptors (Lipinski definition) is 8. The molecule has 0 radical (unpaired) electrons. The van der Waals surface area contributed by atoms with E-state index in [2.05, 4.69) is 25.6 Å². The van der Waals surface area contributed by atoms with Gasteiger partial charge in [0.05, 0.1) is 36.6 Å². The Morgan fingerprint density at radius 2 is 1.67 bits per heavy atom. The number of nitrogens with zero attached hydrogens (tertiary/aromatic N) is 3. The lowest BCUT2D eigenvalue weighted by Crippen LogP contribution is -2.56. The monoisotopic (exact) mass is 736 g/mol. The van der Waals surface area contributed by atoms with Crippen molar-refractivity contribution in [1.82, 2.24) is 30.5 Å². The van der Waals surface area contributed by atoms with Crippen LogP contribution < -0.4 is 10.6 Å². The molecule has 2 unspecified atom stereocenters. The first-order valence-corrected chi connectivity index (χ1v) is 19.2. The topological polar surface area (TPSA) is 170 Å². The number of alkyl carbamates (subject to hydrolysis) is 1. The molecule has 1 aliphatic carbocycles. The Morgan fingerprint density at radius 3 is 2.35 bits per heavy atom. The van der Waals surface area contributed by atoms with Crippen molar-refractivity contribution < 1.29 is 29.3 Å². The molecule has 286 valence electrons. The van der Waals surface area contributed by atoms with Crippen LogP contribution in [0.1, 0.15) is 86.3 Å². The Balaban J connectivity index is 1.18. The molecule has 1 aliphatic heterocycles. The average molecular weight is 737 g/mol. The zero-order valence-corrected chi connectivity index (χ0v) is 30.7. The number of ether oxygens (including phenoxy) is 1. The zero-order chi connectivity index (χ0) is 37.8. The van der Waals surface area contributed by atoms with Gasteiger partial charge in [0.1, 0.15) is 18.2 Å². The molecule has 4 aromatic rings. The van der Waals surface area contributed by atoms with Gasteiger partial charge in [0.2, 0.25) is 11.8 Å². The third-order valence-electron chi connectivity index (χ3n) is 10.9. The molecule has 2 aromatic heterocycles. The molecule has 3 amide bonds. The number of amides is 3. The fraction of sp³-hybridized carbons (Fsp3) is 0.452. The van der Waals surface area contributed by atoms with Crippen molar-refractivity contribution in [2.45, 2.75) is 107 Å². The molecule has 5 atom stereocenters. The molecule has 12 heteroatoms. The van der Waals surface area contributed by atoms with Crippen molar-refractivity contribution in [3.8, 4) is 0 Å². The smallest absolute Gasteiger partial charge is 0.408 e. The maximum atomic E-state index is 14.6. The van der Waals surface area contributed by atoms with Crippen molar-refractivity contribution in [2.75, 3.05) is 6.54 Å². The van der Waals surface area contributed by atoms with Crippen LogP contribution in [-0.4, -0.2) is 78.3 Å². The lowest BCUT2D eigenvalue weighted by molar-refractivity contribution is -0.136. The first kappa shape index (κ1) is 38.6. The second-order valence-electron chi connectivity index (χ2n) is 14.7. The summed E-state index contributed by atoms with van der Waals surface area (Å²) in [5.41, 5.74) is 1.68. The van der Waals surface area contributed by atoms with Gasteiger partial charge in [-0.05, 0) is 54.9 Å². The lowest BCUT2D eigenvalue weighted by Gasteiger charge is -2.34. The number of hydrogen-bond donors (Lipinski definition) is 5. The number of rotatable bonds is 17. The largest absolute Gasteiger partial charge is 0.445 e. The Bertz CT molecular complexity index is 1760. The van der Waals surface area contributed by atoms with E-state index < -0.39 is 35.9 Å². The number of pyridine rings is 1. The van der Waals surface area contributed by atoms with Crippen molar-refractivity contribution in [3.63, 3.8) is 0 Å². The van der Waals surface area contributed by atoms with Gasteiger partial charge in [0, 0.05) is 31.1 Å². The van der Waals surface area contributed by atoms with Crippen LogP contribution in [0.4, 0.5) is 4.79 Å². The van der Waals surface area contributed by atoms with Crippen LogP contribution in [-0.2, 0) is 33.8 Å². The van der Waals surface area contributed by atoms with Crippen molar-refractivity contribution in [3.05, 3.63) is 120 Å². The Morgan fingerprint density at radius 1 is 0.944 bits per heavy atom. The SMILES string of the molecule is O=C(CC(c1c[nH]cn1)N1CCC(Cc2ccccc2)(NC(=O)OCc2ccccc2)C1=O)N[C@@H](CC1CCCCC1)[C@@H](O)[C@@H](O)CCc1ccccn1. The molecule has 0 bridgehead atoms. The van der Waals surface area contributed by atoms with Crippen molar-refractivity contribution in [2.24, 2.45) is 5.92 Å². The first-order valence-electron chi connectivity index (χ1n) is 19.2. The van der Waals surface area contributed by atoms with E-state index >= 15 is 0 Å². The molecule has 12 nitrogen and oxygen atoms in total. The van der Waals surface area contributed by atoms with Crippen molar-refractivity contribution in [1.29, 1.82) is 0 Å². The molecule has 6 rings (SSSR count). The number of aromatic nitrogens is 3. The highest BCUT2D eigenvalue weighted by Gasteiger charge is 2.51. The number of benzene rings is 2. The number of H-pyrrole nitrogens is 1. The molecule has 2 aliphatic rings. The summed E-state index contributed by atoms with van der Waals surface area (Å²) in [6.45, 7) is 0.309. The summed E-state index contributed by atoms with van der Waals surface area (Å²) >= 11 is 0. The number of carbonyl (C=O) groups is 3. The van der Waals surface area contributed by atoms with Gasteiger partial charge in [0.15, 0.2) is 0 Å². The number of carbonyl (C=O) groups excluding carboxylic acids is 3. The fourth-order valence-electron chi connectivity index (χ4n) is 7.93. The first-order chi connectivity index (χ1) is 26.3. The molecular formula is C42H52N6O6. The summed E-state index contributed by atoms with van der Waals surface area (Å²) < 4.78 is 5.57. The lowest BCUT2D eigenvalue weighted by atomic mass is 9.82. The summed E-state index contributed by atoms with van der Waals surface area (Å²) in [5, 5.41) is 28.6. The van der Waals surface area contributed by atoms with Crippen LogP contribution in [0.3, 0.4) is 0 Å². The molecule has 1 saturated carbocycles. The Labute approximate surface area is 316 Å². The number of aliphatic hydroxyl groups excluding tert-OH is 2. The van der Waals surface area contributed by atoms with Gasteiger partial charge in [-0.25, -0.2) is 9.78 Å². The van der Waals surface area contributed by atoms with Gasteiger partial charge in [0.25, 0.3) is 0 Å². The minimum Gasteiger partial charge on any atom is -0.445 e. The van der Waals surface area contributed by atoms with Gasteiger partial charge in [-0.3, -0.25) is 14.6 Å². The standard InChI is InChI=1S/C42H52N6O6/c49-37(20-19-33-18-10-11-22-44-33)39(51)34(24-30-12-4-1-5-13-30)46-38(50)25-36(35-27-43-29-45-35)48-23-21-42(40(48)52,26-31-14-6-2-7-15-31)47-41(53)54-28-32-16-8-3-9-17-32/h2-3,6-11,14-18,22,27,29-30,34,36-37,39,49,51H,1,4-5,12-13,19-21,23-26,28H2,(H,43,45)(H,46,50)(H,47,53)/t34-,36?,37-,39+,42?/m0/s1. The van der Waals surface area contributed by atoms with Crippen LogP contribution in [0.15, 0.2) is 97.6 Å². The Kier molecular flexibility index (Phi) is 13.5. The number of likely N-dealkylation sites (tertiary alicyclic amines) is 1. The minimum atomic E-state index is -1.32.